The summed E-state index contributed by atoms with van der Waals surface area (Å²) in [5, 5.41) is 11.6. The van der Waals surface area contributed by atoms with Crippen LogP contribution in [0, 0.1) is 11.2 Å². The van der Waals surface area contributed by atoms with Crippen molar-refractivity contribution >= 4 is 17.5 Å². The van der Waals surface area contributed by atoms with Crippen LogP contribution in [0.15, 0.2) is 18.2 Å². The van der Waals surface area contributed by atoms with Crippen LogP contribution in [0.5, 0.6) is 0 Å². The standard InChI is InChI=1S/C14H19ClFNO2/c1-14(2,7-4-8-18)9-17-13(19)12-10(15)5-3-6-11(12)16/h3,5-6,18H,4,7-9H2,1-2H3,(H,17,19). The zero-order valence-electron chi connectivity index (χ0n) is 11.2. The van der Waals surface area contributed by atoms with Crippen LogP contribution in [-0.2, 0) is 0 Å². The van der Waals surface area contributed by atoms with Crippen LogP contribution in [0.3, 0.4) is 0 Å². The second-order valence-corrected chi connectivity index (χ2v) is 5.68. The van der Waals surface area contributed by atoms with Crippen LogP contribution in [0.4, 0.5) is 4.39 Å². The van der Waals surface area contributed by atoms with E-state index in [0.29, 0.717) is 13.0 Å². The fourth-order valence-corrected chi connectivity index (χ4v) is 2.02. The summed E-state index contributed by atoms with van der Waals surface area (Å²) < 4.78 is 13.5. The third-order valence-corrected chi connectivity index (χ3v) is 3.24. The van der Waals surface area contributed by atoms with Crippen molar-refractivity contribution in [2.24, 2.45) is 5.41 Å². The van der Waals surface area contributed by atoms with Gasteiger partial charge >= 0.3 is 0 Å². The number of benzene rings is 1. The van der Waals surface area contributed by atoms with Crippen LogP contribution < -0.4 is 5.32 Å². The maximum Gasteiger partial charge on any atom is 0.255 e. The molecule has 0 unspecified atom stereocenters. The highest BCUT2D eigenvalue weighted by Gasteiger charge is 2.21. The number of hydrogen-bond donors (Lipinski definition) is 2. The average molecular weight is 288 g/mol. The van der Waals surface area contributed by atoms with Crippen molar-refractivity contribution in [2.75, 3.05) is 13.2 Å². The van der Waals surface area contributed by atoms with E-state index < -0.39 is 11.7 Å². The van der Waals surface area contributed by atoms with Gasteiger partial charge in [0.05, 0.1) is 10.6 Å². The molecule has 0 bridgehead atoms. The quantitative estimate of drug-likeness (QED) is 0.845. The highest BCUT2D eigenvalue weighted by atomic mass is 35.5. The zero-order chi connectivity index (χ0) is 14.5. The normalized spacial score (nSPS) is 11.4. The fourth-order valence-electron chi connectivity index (χ4n) is 1.77. The highest BCUT2D eigenvalue weighted by Crippen LogP contribution is 2.22. The molecule has 1 aromatic rings. The summed E-state index contributed by atoms with van der Waals surface area (Å²) in [5.74, 6) is -1.14. The molecule has 0 aliphatic carbocycles. The summed E-state index contributed by atoms with van der Waals surface area (Å²) in [4.78, 5) is 11.9. The first-order valence-corrected chi connectivity index (χ1v) is 6.58. The average Bonchev–Trinajstić information content (AvgIpc) is 2.34. The van der Waals surface area contributed by atoms with Gasteiger partial charge in [-0.2, -0.15) is 0 Å². The summed E-state index contributed by atoms with van der Waals surface area (Å²) in [6.07, 6.45) is 1.44. The Balaban J connectivity index is 2.66. The van der Waals surface area contributed by atoms with Crippen LogP contribution in [-0.4, -0.2) is 24.2 Å². The Morgan fingerprint density at radius 1 is 1.47 bits per heavy atom. The smallest absolute Gasteiger partial charge is 0.255 e. The van der Waals surface area contributed by atoms with Gasteiger partial charge in [-0.15, -0.1) is 0 Å². The Hall–Kier alpha value is -1.13. The van der Waals surface area contributed by atoms with Crippen LogP contribution >= 0.6 is 11.6 Å². The van der Waals surface area contributed by atoms with E-state index in [1.807, 2.05) is 13.8 Å². The van der Waals surface area contributed by atoms with Gasteiger partial charge in [-0.05, 0) is 30.4 Å². The van der Waals surface area contributed by atoms with Gasteiger partial charge in [0.1, 0.15) is 5.82 Å². The van der Waals surface area contributed by atoms with Gasteiger partial charge in [-0.3, -0.25) is 4.79 Å². The molecular formula is C14H19ClFNO2. The Kier molecular flexibility index (Phi) is 5.76. The summed E-state index contributed by atoms with van der Waals surface area (Å²) in [5.41, 5.74) is -0.280. The lowest BCUT2D eigenvalue weighted by atomic mass is 9.88. The molecule has 2 N–H and O–H groups in total. The van der Waals surface area contributed by atoms with E-state index in [1.165, 1.54) is 18.2 Å². The molecule has 3 nitrogen and oxygen atoms in total. The minimum absolute atomic E-state index is 0.102. The van der Waals surface area contributed by atoms with Crippen LogP contribution in [0.1, 0.15) is 37.0 Å². The molecule has 0 atom stereocenters. The lowest BCUT2D eigenvalue weighted by Gasteiger charge is -2.24. The second-order valence-electron chi connectivity index (χ2n) is 5.27. The topological polar surface area (TPSA) is 49.3 Å². The number of carbonyl (C=O) groups is 1. The number of halogens is 2. The second kappa shape index (κ2) is 6.87. The molecule has 0 radical (unpaired) electrons. The minimum Gasteiger partial charge on any atom is -0.396 e. The van der Waals surface area contributed by atoms with E-state index in [2.05, 4.69) is 5.32 Å². The molecule has 0 heterocycles. The molecule has 0 aromatic heterocycles. The van der Waals surface area contributed by atoms with E-state index in [9.17, 15) is 9.18 Å². The Bertz CT molecular complexity index is 429. The van der Waals surface area contributed by atoms with E-state index in [-0.39, 0.29) is 22.6 Å². The van der Waals surface area contributed by atoms with Gasteiger partial charge in [-0.25, -0.2) is 4.39 Å². The number of nitrogens with one attached hydrogen (secondary N) is 1. The van der Waals surface area contributed by atoms with Crippen LogP contribution in [0.2, 0.25) is 5.02 Å². The molecule has 1 aromatic carbocycles. The van der Waals surface area contributed by atoms with Crippen molar-refractivity contribution < 1.29 is 14.3 Å². The van der Waals surface area contributed by atoms with Crippen molar-refractivity contribution in [1.29, 1.82) is 0 Å². The number of hydrogen-bond acceptors (Lipinski definition) is 2. The molecule has 0 aliphatic rings. The summed E-state index contributed by atoms with van der Waals surface area (Å²) in [6.45, 7) is 4.48. The molecule has 19 heavy (non-hydrogen) atoms. The van der Waals surface area contributed by atoms with Crippen molar-refractivity contribution in [3.05, 3.63) is 34.6 Å². The molecule has 0 aliphatic heterocycles. The molecule has 0 saturated heterocycles. The predicted molar refractivity (Wildman–Crippen MR) is 73.8 cm³/mol. The lowest BCUT2D eigenvalue weighted by Crippen LogP contribution is -2.34. The van der Waals surface area contributed by atoms with Crippen molar-refractivity contribution in [1.82, 2.24) is 5.32 Å². The molecular weight excluding hydrogens is 269 g/mol. The predicted octanol–water partition coefficient (Wildman–Crippen LogP) is 3.01. The van der Waals surface area contributed by atoms with Crippen molar-refractivity contribution in [2.45, 2.75) is 26.7 Å². The summed E-state index contributed by atoms with van der Waals surface area (Å²) in [6, 6.07) is 4.15. The highest BCUT2D eigenvalue weighted by molar-refractivity contribution is 6.33. The van der Waals surface area contributed by atoms with Gasteiger partial charge in [-0.1, -0.05) is 31.5 Å². The molecule has 0 fully saturated rings. The third kappa shape index (κ3) is 4.80. The van der Waals surface area contributed by atoms with Crippen LogP contribution in [0.25, 0.3) is 0 Å². The maximum absolute atomic E-state index is 13.5. The van der Waals surface area contributed by atoms with Gasteiger partial charge in [0.2, 0.25) is 0 Å². The first-order chi connectivity index (χ1) is 8.87. The number of rotatable bonds is 6. The third-order valence-electron chi connectivity index (χ3n) is 2.93. The zero-order valence-corrected chi connectivity index (χ0v) is 11.9. The summed E-state index contributed by atoms with van der Waals surface area (Å²) >= 11 is 5.82. The van der Waals surface area contributed by atoms with Gasteiger partial charge in [0, 0.05) is 13.2 Å². The largest absolute Gasteiger partial charge is 0.396 e. The van der Waals surface area contributed by atoms with Crippen molar-refractivity contribution in [3.8, 4) is 0 Å². The Labute approximate surface area is 117 Å². The van der Waals surface area contributed by atoms with Gasteiger partial charge < -0.3 is 10.4 Å². The van der Waals surface area contributed by atoms with Crippen molar-refractivity contribution in [3.63, 3.8) is 0 Å². The monoisotopic (exact) mass is 287 g/mol. The molecule has 5 heteroatoms. The number of aliphatic hydroxyl groups excluding tert-OH is 1. The fraction of sp³-hybridized carbons (Fsp3) is 0.500. The SMILES string of the molecule is CC(C)(CCCO)CNC(=O)c1c(F)cccc1Cl. The van der Waals surface area contributed by atoms with E-state index in [0.717, 1.165) is 6.42 Å². The van der Waals surface area contributed by atoms with E-state index >= 15 is 0 Å². The molecule has 1 amide bonds. The lowest BCUT2D eigenvalue weighted by molar-refractivity contribution is 0.0929. The Morgan fingerprint density at radius 2 is 2.16 bits per heavy atom. The molecule has 1 rings (SSSR count). The van der Waals surface area contributed by atoms with E-state index in [4.69, 9.17) is 16.7 Å². The van der Waals surface area contributed by atoms with Gasteiger partial charge in [0.15, 0.2) is 0 Å². The number of carbonyl (C=O) groups excluding carboxylic acids is 1. The number of aliphatic hydroxyl groups is 1. The number of amides is 1. The first kappa shape index (κ1) is 15.9. The Morgan fingerprint density at radius 3 is 2.74 bits per heavy atom. The summed E-state index contributed by atoms with van der Waals surface area (Å²) in [7, 11) is 0. The molecule has 106 valence electrons. The van der Waals surface area contributed by atoms with E-state index in [1.54, 1.807) is 0 Å². The molecule has 0 spiro atoms. The maximum atomic E-state index is 13.5. The van der Waals surface area contributed by atoms with Gasteiger partial charge in [0.25, 0.3) is 5.91 Å². The molecule has 0 saturated carbocycles. The minimum atomic E-state index is -0.627. The first-order valence-electron chi connectivity index (χ1n) is 6.20.